The van der Waals surface area contributed by atoms with Gasteiger partial charge in [-0.2, -0.15) is 0 Å². The smallest absolute Gasteiger partial charge is 0.407 e. The molecule has 0 spiro atoms. The van der Waals surface area contributed by atoms with E-state index in [4.69, 9.17) is 9.47 Å². The summed E-state index contributed by atoms with van der Waals surface area (Å²) >= 11 is 1.51. The van der Waals surface area contributed by atoms with E-state index in [9.17, 15) is 9.59 Å². The van der Waals surface area contributed by atoms with Gasteiger partial charge in [-0.25, -0.2) is 9.78 Å². The molecule has 2 aliphatic carbocycles. The van der Waals surface area contributed by atoms with Gasteiger partial charge in [0.15, 0.2) is 5.01 Å². The normalized spacial score (nSPS) is 21.7. The van der Waals surface area contributed by atoms with Gasteiger partial charge in [-0.3, -0.25) is 4.79 Å². The van der Waals surface area contributed by atoms with Crippen molar-refractivity contribution in [3.8, 4) is 17.6 Å². The lowest BCUT2D eigenvalue weighted by atomic mass is 9.78. The van der Waals surface area contributed by atoms with E-state index in [0.29, 0.717) is 44.1 Å². The number of aryl methyl sites for hydroxylation is 1. The number of carbonyl (C=O) groups is 2. The fourth-order valence-corrected chi connectivity index (χ4v) is 6.92. The Morgan fingerprint density at radius 3 is 2.49 bits per heavy atom. The number of benzene rings is 2. The zero-order valence-electron chi connectivity index (χ0n) is 25.3. The molecule has 7 nitrogen and oxygen atoms in total. The summed E-state index contributed by atoms with van der Waals surface area (Å²) in [5.41, 5.74) is 4.32. The zero-order chi connectivity index (χ0) is 30.2. The minimum absolute atomic E-state index is 0.0896. The summed E-state index contributed by atoms with van der Waals surface area (Å²) in [5, 5.41) is 5.21. The van der Waals surface area contributed by atoms with Gasteiger partial charge in [0.2, 0.25) is 5.91 Å². The standard InChI is InChI=1S/C35H41N3O4S/c1-24-21-29(14-17-32(24)41-3)27-10-7-26(8-11-27)23-38(34(39)28-12-15-31(16-13-28)42-35(40)36-2)30-6-4-5-25(22-30)9-18-33-37-19-20-43-33/h4-6,14,17,19-22,26-28,31H,7-8,10-13,15-16,23H2,1-3H3,(H,36,40)/t26-,27-,28-,31-. The van der Waals surface area contributed by atoms with Crippen LogP contribution >= 0.6 is 11.3 Å². The highest BCUT2D eigenvalue weighted by molar-refractivity contribution is 7.10. The van der Waals surface area contributed by atoms with Crippen LogP contribution in [0.3, 0.4) is 0 Å². The van der Waals surface area contributed by atoms with Gasteiger partial charge < -0.3 is 19.7 Å². The van der Waals surface area contributed by atoms with Gasteiger partial charge >= 0.3 is 6.09 Å². The number of hydrogen-bond donors (Lipinski definition) is 1. The number of ether oxygens (including phenoxy) is 2. The van der Waals surface area contributed by atoms with Crippen LogP contribution in [0.2, 0.25) is 0 Å². The van der Waals surface area contributed by atoms with Crippen LogP contribution in [0.25, 0.3) is 0 Å². The van der Waals surface area contributed by atoms with Crippen molar-refractivity contribution in [1.82, 2.24) is 10.3 Å². The van der Waals surface area contributed by atoms with Gasteiger partial charge in [-0.05, 0) is 111 Å². The highest BCUT2D eigenvalue weighted by atomic mass is 32.1. The van der Waals surface area contributed by atoms with Crippen molar-refractivity contribution in [2.75, 3.05) is 25.6 Å². The molecule has 3 aromatic rings. The molecule has 1 N–H and O–H groups in total. The van der Waals surface area contributed by atoms with Gasteiger partial charge in [-0.1, -0.05) is 24.1 Å². The minimum atomic E-state index is -0.410. The number of carbonyl (C=O) groups excluding carboxylic acids is 2. The predicted molar refractivity (Wildman–Crippen MR) is 171 cm³/mol. The fraction of sp³-hybridized carbons (Fsp3) is 0.457. The molecular weight excluding hydrogens is 558 g/mol. The number of thiazole rings is 1. The third kappa shape index (κ3) is 7.97. The fourth-order valence-electron chi connectivity index (χ4n) is 6.44. The molecular formula is C35H41N3O4S. The van der Waals surface area contributed by atoms with E-state index in [0.717, 1.165) is 47.7 Å². The Morgan fingerprint density at radius 1 is 1.02 bits per heavy atom. The van der Waals surface area contributed by atoms with Crippen molar-refractivity contribution in [2.24, 2.45) is 11.8 Å². The molecule has 2 aliphatic rings. The maximum Gasteiger partial charge on any atom is 0.407 e. The van der Waals surface area contributed by atoms with E-state index in [1.807, 2.05) is 34.5 Å². The third-order valence-electron chi connectivity index (χ3n) is 8.85. The van der Waals surface area contributed by atoms with Gasteiger partial charge in [0.1, 0.15) is 11.9 Å². The van der Waals surface area contributed by atoms with Gasteiger partial charge in [0.05, 0.1) is 7.11 Å². The topological polar surface area (TPSA) is 80.8 Å². The summed E-state index contributed by atoms with van der Waals surface area (Å²) < 4.78 is 10.9. The molecule has 0 saturated heterocycles. The second-order valence-corrected chi connectivity index (χ2v) is 12.6. The zero-order valence-corrected chi connectivity index (χ0v) is 26.1. The summed E-state index contributed by atoms with van der Waals surface area (Å²) in [6.07, 6.45) is 8.41. The highest BCUT2D eigenvalue weighted by Crippen LogP contribution is 2.39. The van der Waals surface area contributed by atoms with Crippen molar-refractivity contribution in [3.05, 3.63) is 75.7 Å². The van der Waals surface area contributed by atoms with E-state index in [-0.39, 0.29) is 17.9 Å². The van der Waals surface area contributed by atoms with Crippen LogP contribution in [-0.4, -0.2) is 43.8 Å². The summed E-state index contributed by atoms with van der Waals surface area (Å²) in [5.74, 6) is 8.33. The molecule has 226 valence electrons. The first-order chi connectivity index (χ1) is 20.9. The Hall–Kier alpha value is -3.83. The first kappa shape index (κ1) is 30.6. The number of rotatable bonds is 7. The Bertz CT molecular complexity index is 1450. The molecule has 0 atom stereocenters. The second kappa shape index (κ2) is 14.6. The number of nitrogens with zero attached hydrogens (tertiary/aromatic N) is 2. The highest BCUT2D eigenvalue weighted by Gasteiger charge is 2.33. The van der Waals surface area contributed by atoms with E-state index in [1.54, 1.807) is 20.4 Å². The van der Waals surface area contributed by atoms with Crippen LogP contribution in [0, 0.1) is 30.6 Å². The summed E-state index contributed by atoms with van der Waals surface area (Å²) in [7, 11) is 3.28. The van der Waals surface area contributed by atoms with Gasteiger partial charge in [0.25, 0.3) is 0 Å². The molecule has 5 rings (SSSR count). The molecule has 2 saturated carbocycles. The second-order valence-electron chi connectivity index (χ2n) is 11.7. The van der Waals surface area contributed by atoms with E-state index < -0.39 is 6.09 Å². The van der Waals surface area contributed by atoms with Crippen LogP contribution in [0.4, 0.5) is 10.5 Å². The molecule has 43 heavy (non-hydrogen) atoms. The number of hydrogen-bond acceptors (Lipinski definition) is 6. The molecule has 2 aromatic carbocycles. The van der Waals surface area contributed by atoms with Crippen LogP contribution in [0.15, 0.2) is 54.0 Å². The lowest BCUT2D eigenvalue weighted by Crippen LogP contribution is -2.42. The Labute approximate surface area is 259 Å². The SMILES string of the molecule is CNC(=O)O[C@H]1CC[C@H](C(=O)N(C[C@H]2CC[C@H](c3ccc(OC)c(C)c3)CC2)c2cccc(C#Cc3nccs3)c2)CC1. The van der Waals surface area contributed by atoms with E-state index in [2.05, 4.69) is 47.3 Å². The molecule has 2 amide bonds. The van der Waals surface area contributed by atoms with Crippen molar-refractivity contribution >= 4 is 29.0 Å². The van der Waals surface area contributed by atoms with Crippen LogP contribution < -0.4 is 15.0 Å². The number of nitrogens with one attached hydrogen (secondary N) is 1. The number of alkyl carbamates (subject to hydrolysis) is 1. The van der Waals surface area contributed by atoms with Crippen molar-refractivity contribution in [2.45, 2.75) is 70.3 Å². The lowest BCUT2D eigenvalue weighted by Gasteiger charge is -2.36. The van der Waals surface area contributed by atoms with Crippen LogP contribution in [0.1, 0.15) is 79.0 Å². The first-order valence-electron chi connectivity index (χ1n) is 15.3. The van der Waals surface area contributed by atoms with E-state index >= 15 is 0 Å². The van der Waals surface area contributed by atoms with Gasteiger partial charge in [-0.15, -0.1) is 11.3 Å². The van der Waals surface area contributed by atoms with Crippen molar-refractivity contribution < 1.29 is 19.1 Å². The Balaban J connectivity index is 1.30. The Morgan fingerprint density at radius 2 is 1.81 bits per heavy atom. The number of anilines is 1. The largest absolute Gasteiger partial charge is 0.496 e. The van der Waals surface area contributed by atoms with Crippen LogP contribution in [0.5, 0.6) is 5.75 Å². The third-order valence-corrected chi connectivity index (χ3v) is 9.54. The number of aromatic nitrogens is 1. The maximum absolute atomic E-state index is 14.1. The first-order valence-corrected chi connectivity index (χ1v) is 16.2. The summed E-state index contributed by atoms with van der Waals surface area (Å²) in [6.45, 7) is 2.80. The number of amides is 2. The quantitative estimate of drug-likeness (QED) is 0.294. The van der Waals surface area contributed by atoms with Crippen molar-refractivity contribution in [1.29, 1.82) is 0 Å². The monoisotopic (exact) mass is 599 g/mol. The van der Waals surface area contributed by atoms with Crippen LogP contribution in [-0.2, 0) is 9.53 Å². The summed E-state index contributed by atoms with van der Waals surface area (Å²) in [4.78, 5) is 32.1. The minimum Gasteiger partial charge on any atom is -0.496 e. The molecule has 1 heterocycles. The summed E-state index contributed by atoms with van der Waals surface area (Å²) in [6, 6.07) is 14.6. The predicted octanol–water partition coefficient (Wildman–Crippen LogP) is 7.08. The Kier molecular flexibility index (Phi) is 10.4. The van der Waals surface area contributed by atoms with E-state index in [1.165, 1.54) is 22.5 Å². The average molecular weight is 600 g/mol. The van der Waals surface area contributed by atoms with Crippen molar-refractivity contribution in [3.63, 3.8) is 0 Å². The average Bonchev–Trinajstić information content (AvgIpc) is 3.57. The van der Waals surface area contributed by atoms with Gasteiger partial charge in [0, 0.05) is 42.3 Å². The lowest BCUT2D eigenvalue weighted by molar-refractivity contribution is -0.124. The molecule has 8 heteroatoms. The number of methoxy groups -OCH3 is 1. The molecule has 0 unspecified atom stereocenters. The molecule has 2 fully saturated rings. The molecule has 0 aliphatic heterocycles. The molecule has 0 radical (unpaired) electrons. The molecule has 1 aromatic heterocycles. The maximum atomic E-state index is 14.1. The molecule has 0 bridgehead atoms.